The van der Waals surface area contributed by atoms with Crippen LogP contribution in [0.25, 0.3) is 44.5 Å². The van der Waals surface area contributed by atoms with Crippen molar-refractivity contribution in [2.75, 3.05) is 16.9 Å². The fourth-order valence-corrected chi connectivity index (χ4v) is 8.26. The number of nitrogens with zero attached hydrogens (tertiary/aromatic N) is 2. The van der Waals surface area contributed by atoms with E-state index >= 15 is 0 Å². The van der Waals surface area contributed by atoms with Crippen molar-refractivity contribution < 1.29 is 9.84 Å². The molecule has 0 atom stereocenters. The average Bonchev–Trinajstić information content (AvgIpc) is 3.34. The highest BCUT2D eigenvalue weighted by Crippen LogP contribution is 2.41. The summed E-state index contributed by atoms with van der Waals surface area (Å²) < 4.78 is 5.55. The Hall–Kier alpha value is -7.66. The van der Waals surface area contributed by atoms with Crippen LogP contribution in [-0.4, -0.2) is 12.2 Å². The third-order valence-electron chi connectivity index (χ3n) is 11.6. The minimum Gasteiger partial charge on any atom is -0.497 e. The number of hydrogen-bond donors (Lipinski definition) is 1. The molecule has 0 aliphatic heterocycles. The van der Waals surface area contributed by atoms with Crippen molar-refractivity contribution in [2.24, 2.45) is 0 Å². The van der Waals surface area contributed by atoms with E-state index in [1.54, 1.807) is 7.11 Å². The normalized spacial score (nSPS) is 11.0. The second-order valence-corrected chi connectivity index (χ2v) is 15.6. The maximum absolute atomic E-state index is 9.83. The highest BCUT2D eigenvalue weighted by Gasteiger charge is 2.18. The van der Waals surface area contributed by atoms with E-state index in [0.29, 0.717) is 0 Å². The third-order valence-corrected chi connectivity index (χ3v) is 11.6. The van der Waals surface area contributed by atoms with Gasteiger partial charge in [-0.25, -0.2) is 0 Å². The summed E-state index contributed by atoms with van der Waals surface area (Å²) in [6.07, 6.45) is 0. The molecule has 0 fully saturated rings. The van der Waals surface area contributed by atoms with Crippen LogP contribution in [0, 0.1) is 13.8 Å². The van der Waals surface area contributed by atoms with Gasteiger partial charge in [0.2, 0.25) is 0 Å². The number of rotatable bonds is 12. The number of methoxy groups -OCH3 is 1. The van der Waals surface area contributed by atoms with Gasteiger partial charge in [0.15, 0.2) is 0 Å². The summed E-state index contributed by atoms with van der Waals surface area (Å²) in [4.78, 5) is 4.60. The van der Waals surface area contributed by atoms with Gasteiger partial charge in [-0.2, -0.15) is 0 Å². The number of anilines is 6. The van der Waals surface area contributed by atoms with Crippen molar-refractivity contribution in [1.82, 2.24) is 0 Å². The number of aliphatic hydroxyl groups is 1. The van der Waals surface area contributed by atoms with Gasteiger partial charge in [-0.3, -0.25) is 0 Å². The zero-order valence-corrected chi connectivity index (χ0v) is 35.2. The van der Waals surface area contributed by atoms with Gasteiger partial charge in [0.25, 0.3) is 0 Å². The molecule has 62 heavy (non-hydrogen) atoms. The second-order valence-electron chi connectivity index (χ2n) is 15.6. The molecular weight excluding hydrogens is 757 g/mol. The van der Waals surface area contributed by atoms with Gasteiger partial charge in [0.05, 0.1) is 13.7 Å². The van der Waals surface area contributed by atoms with Gasteiger partial charge in [0, 0.05) is 34.1 Å². The Labute approximate surface area is 365 Å². The smallest absolute Gasteiger partial charge is 0.119 e. The fraction of sp³-hybridized carbons (Fsp3) is 0.0690. The first kappa shape index (κ1) is 39.8. The molecule has 0 aliphatic carbocycles. The quantitative estimate of drug-likeness (QED) is 0.133. The summed E-state index contributed by atoms with van der Waals surface area (Å²) in [7, 11) is 1.71. The van der Waals surface area contributed by atoms with Crippen LogP contribution in [0.3, 0.4) is 0 Å². The molecule has 0 unspecified atom stereocenters. The topological polar surface area (TPSA) is 35.9 Å². The maximum atomic E-state index is 9.83. The molecule has 0 amide bonds. The predicted octanol–water partition coefficient (Wildman–Crippen LogP) is 15.4. The summed E-state index contributed by atoms with van der Waals surface area (Å²) in [5.41, 5.74) is 18.9. The Kier molecular flexibility index (Phi) is 11.5. The molecule has 9 rings (SSSR count). The van der Waals surface area contributed by atoms with E-state index in [1.165, 1.54) is 22.3 Å². The van der Waals surface area contributed by atoms with E-state index in [9.17, 15) is 5.11 Å². The molecule has 4 nitrogen and oxygen atoms in total. The van der Waals surface area contributed by atoms with Gasteiger partial charge in [-0.15, -0.1) is 0 Å². The minimum absolute atomic E-state index is 0.0133. The fourth-order valence-electron chi connectivity index (χ4n) is 8.26. The van der Waals surface area contributed by atoms with Crippen LogP contribution in [0.15, 0.2) is 218 Å². The Morgan fingerprint density at radius 2 is 0.661 bits per heavy atom. The molecule has 0 aromatic heterocycles. The van der Waals surface area contributed by atoms with Gasteiger partial charge >= 0.3 is 0 Å². The van der Waals surface area contributed by atoms with Crippen molar-refractivity contribution in [3.63, 3.8) is 0 Å². The SMILES string of the molecule is COc1ccc(N(c2ccc(-c3ccccc3)cc2)c2ccc(-c3ccc(-c4ccc(N(c5ccc(-c6ccccc6)cc5)c5ccc(CO)cc5C)cc4)cc3)cc2)c(C)c1. The van der Waals surface area contributed by atoms with E-state index in [0.717, 1.165) is 78.8 Å². The Morgan fingerprint density at radius 1 is 0.355 bits per heavy atom. The van der Waals surface area contributed by atoms with Crippen LogP contribution in [0.5, 0.6) is 5.75 Å². The average molecular weight is 805 g/mol. The lowest BCUT2D eigenvalue weighted by molar-refractivity contribution is 0.282. The summed E-state index contributed by atoms with van der Waals surface area (Å²) >= 11 is 0. The zero-order valence-electron chi connectivity index (χ0n) is 35.2. The molecule has 0 bridgehead atoms. The van der Waals surface area contributed by atoms with Crippen molar-refractivity contribution in [2.45, 2.75) is 20.5 Å². The summed E-state index contributed by atoms with van der Waals surface area (Å²) in [5.74, 6) is 0.840. The Bertz CT molecular complexity index is 2690. The lowest BCUT2D eigenvalue weighted by Crippen LogP contribution is -2.11. The van der Waals surface area contributed by atoms with Crippen molar-refractivity contribution in [3.05, 3.63) is 235 Å². The van der Waals surface area contributed by atoms with Gasteiger partial charge in [0.1, 0.15) is 5.75 Å². The molecule has 1 N–H and O–H groups in total. The highest BCUT2D eigenvalue weighted by atomic mass is 16.5. The molecule has 0 spiro atoms. The van der Waals surface area contributed by atoms with Crippen molar-refractivity contribution in [3.8, 4) is 50.3 Å². The molecule has 0 saturated carbocycles. The number of ether oxygens (including phenoxy) is 1. The lowest BCUT2D eigenvalue weighted by Gasteiger charge is -2.28. The lowest BCUT2D eigenvalue weighted by atomic mass is 9.99. The van der Waals surface area contributed by atoms with Crippen LogP contribution < -0.4 is 14.5 Å². The third kappa shape index (κ3) is 8.38. The summed E-state index contributed by atoms with van der Waals surface area (Å²) in [6, 6.07) is 77.3. The van der Waals surface area contributed by atoms with Gasteiger partial charge < -0.3 is 19.6 Å². The first-order valence-electron chi connectivity index (χ1n) is 21.0. The molecular formula is C58H48N2O2. The Morgan fingerprint density at radius 3 is 0.968 bits per heavy atom. The van der Waals surface area contributed by atoms with Crippen LogP contribution in [0.4, 0.5) is 34.1 Å². The van der Waals surface area contributed by atoms with Crippen LogP contribution in [0.2, 0.25) is 0 Å². The Balaban J connectivity index is 0.975. The van der Waals surface area contributed by atoms with E-state index in [2.05, 4.69) is 218 Å². The van der Waals surface area contributed by atoms with Crippen molar-refractivity contribution in [1.29, 1.82) is 0 Å². The molecule has 4 heteroatoms. The standard InChI is InChI=1S/C58H48N2O2/c1-41-38-43(40-61)14-36-57(41)59(52-27-19-48(20-28-52)44-10-6-4-7-11-44)53-31-23-50(24-32-53)46-15-17-47(18-16-46)51-25-33-55(34-26-51)60(58-37-35-56(62-3)39-42(58)2)54-29-21-49(22-30-54)45-12-8-5-9-13-45/h4-39,61H,40H2,1-3H3. The number of benzene rings is 9. The molecule has 9 aromatic rings. The number of aryl methyl sites for hydroxylation is 2. The molecule has 0 radical (unpaired) electrons. The highest BCUT2D eigenvalue weighted by molar-refractivity contribution is 5.83. The molecule has 0 saturated heterocycles. The first-order chi connectivity index (χ1) is 30.4. The first-order valence-corrected chi connectivity index (χ1v) is 21.0. The maximum Gasteiger partial charge on any atom is 0.119 e. The summed E-state index contributed by atoms with van der Waals surface area (Å²) in [6.45, 7) is 4.25. The van der Waals surface area contributed by atoms with E-state index in [1.807, 2.05) is 24.3 Å². The molecule has 9 aromatic carbocycles. The van der Waals surface area contributed by atoms with E-state index in [4.69, 9.17) is 4.74 Å². The zero-order chi connectivity index (χ0) is 42.4. The second kappa shape index (κ2) is 17.9. The minimum atomic E-state index is 0.0133. The van der Waals surface area contributed by atoms with Crippen molar-refractivity contribution >= 4 is 34.1 Å². The monoisotopic (exact) mass is 804 g/mol. The predicted molar refractivity (Wildman–Crippen MR) is 260 cm³/mol. The van der Waals surface area contributed by atoms with Gasteiger partial charge in [-0.05, 0) is 148 Å². The molecule has 302 valence electrons. The van der Waals surface area contributed by atoms with Gasteiger partial charge in [-0.1, -0.05) is 146 Å². The van der Waals surface area contributed by atoms with E-state index in [-0.39, 0.29) is 6.61 Å². The molecule has 0 heterocycles. The van der Waals surface area contributed by atoms with E-state index < -0.39 is 0 Å². The van der Waals surface area contributed by atoms with Crippen LogP contribution >= 0.6 is 0 Å². The number of aliphatic hydroxyl groups excluding tert-OH is 1. The van der Waals surface area contributed by atoms with Crippen LogP contribution in [-0.2, 0) is 6.61 Å². The summed E-state index contributed by atoms with van der Waals surface area (Å²) in [5, 5.41) is 9.83. The molecule has 0 aliphatic rings. The van der Waals surface area contributed by atoms with Crippen LogP contribution in [0.1, 0.15) is 16.7 Å². The number of hydrogen-bond acceptors (Lipinski definition) is 4. The largest absolute Gasteiger partial charge is 0.497 e.